The third-order valence-corrected chi connectivity index (χ3v) is 6.96. The van der Waals surface area contributed by atoms with Crippen LogP contribution in [-0.4, -0.2) is 64.4 Å². The molecule has 0 saturated carbocycles. The van der Waals surface area contributed by atoms with Gasteiger partial charge in [0.1, 0.15) is 11.4 Å². The number of carbonyl (C=O) groups is 1. The summed E-state index contributed by atoms with van der Waals surface area (Å²) in [5.41, 5.74) is 9.89. The number of aromatic amines is 1. The molecule has 1 aliphatic rings. The van der Waals surface area contributed by atoms with Crippen molar-refractivity contribution in [3.8, 4) is 11.5 Å². The average Bonchev–Trinajstić information content (AvgIpc) is 3.31. The third kappa shape index (κ3) is 5.81. The highest BCUT2D eigenvalue weighted by Crippen LogP contribution is 2.32. The van der Waals surface area contributed by atoms with Gasteiger partial charge in [0.05, 0.1) is 11.4 Å². The molecule has 1 unspecified atom stereocenters. The van der Waals surface area contributed by atoms with Crippen LogP contribution < -0.4 is 10.5 Å². The maximum absolute atomic E-state index is 14.9. The Morgan fingerprint density at radius 2 is 1.86 bits per heavy atom. The zero-order chi connectivity index (χ0) is 25.8. The Kier molecular flexibility index (Phi) is 7.48. The van der Waals surface area contributed by atoms with Gasteiger partial charge in [-0.05, 0) is 54.7 Å². The van der Waals surface area contributed by atoms with Crippen LogP contribution in [0.2, 0.25) is 0 Å². The molecular weight excluding hydrogens is 469 g/mol. The van der Waals surface area contributed by atoms with Crippen LogP contribution in [0.25, 0.3) is 11.0 Å². The summed E-state index contributed by atoms with van der Waals surface area (Å²) >= 11 is 0. The second-order valence-corrected chi connectivity index (χ2v) is 9.58. The van der Waals surface area contributed by atoms with Crippen molar-refractivity contribution in [2.24, 2.45) is 5.73 Å². The molecule has 192 valence electrons. The molecule has 3 N–H and O–H groups in total. The van der Waals surface area contributed by atoms with Crippen LogP contribution in [-0.2, 0) is 17.6 Å². The van der Waals surface area contributed by atoms with Gasteiger partial charge in [-0.3, -0.25) is 9.69 Å². The fourth-order valence-electron chi connectivity index (χ4n) is 4.84. The van der Waals surface area contributed by atoms with E-state index in [-0.39, 0.29) is 18.1 Å². The fraction of sp³-hybridized carbons (Fsp3) is 0.310. The highest BCUT2D eigenvalue weighted by atomic mass is 19.1. The molecule has 2 aromatic heterocycles. The summed E-state index contributed by atoms with van der Waals surface area (Å²) in [6, 6.07) is 16.2. The number of pyridine rings is 1. The van der Waals surface area contributed by atoms with Crippen molar-refractivity contribution >= 4 is 16.9 Å². The van der Waals surface area contributed by atoms with Gasteiger partial charge in [0.15, 0.2) is 11.6 Å². The zero-order valence-corrected chi connectivity index (χ0v) is 21.0. The number of nitrogens with zero attached hydrogens (tertiary/aromatic N) is 3. The van der Waals surface area contributed by atoms with Gasteiger partial charge in [-0.1, -0.05) is 36.4 Å². The first-order chi connectivity index (χ1) is 18.0. The molecule has 1 aliphatic heterocycles. The molecular formula is C29H32FN5O2. The number of ether oxygens (including phenoxy) is 1. The van der Waals surface area contributed by atoms with E-state index in [1.807, 2.05) is 24.1 Å². The molecule has 7 nitrogen and oxygen atoms in total. The van der Waals surface area contributed by atoms with Crippen LogP contribution >= 0.6 is 0 Å². The van der Waals surface area contributed by atoms with Crippen LogP contribution in [0.3, 0.4) is 0 Å². The Bertz CT molecular complexity index is 1370. The Hall–Kier alpha value is -3.75. The minimum Gasteiger partial charge on any atom is -0.453 e. The fourth-order valence-corrected chi connectivity index (χ4v) is 4.84. The summed E-state index contributed by atoms with van der Waals surface area (Å²) in [7, 11) is 0. The van der Waals surface area contributed by atoms with Crippen LogP contribution in [0.5, 0.6) is 11.5 Å². The smallest absolute Gasteiger partial charge is 0.239 e. The van der Waals surface area contributed by atoms with Crippen molar-refractivity contribution in [2.75, 3.05) is 32.7 Å². The number of nitrogens with one attached hydrogen (secondary N) is 1. The zero-order valence-electron chi connectivity index (χ0n) is 21.0. The molecule has 1 saturated heterocycles. The predicted molar refractivity (Wildman–Crippen MR) is 142 cm³/mol. The van der Waals surface area contributed by atoms with Crippen LogP contribution in [0, 0.1) is 12.7 Å². The van der Waals surface area contributed by atoms with Gasteiger partial charge in [-0.25, -0.2) is 9.37 Å². The number of hydrogen-bond acceptors (Lipinski definition) is 5. The number of nitrogens with two attached hydrogens (primary N) is 1. The average molecular weight is 502 g/mol. The van der Waals surface area contributed by atoms with E-state index in [0.717, 1.165) is 37.0 Å². The maximum atomic E-state index is 14.9. The Balaban J connectivity index is 1.14. The number of carbonyl (C=O) groups excluding carboxylic acids is 1. The molecule has 3 heterocycles. The van der Waals surface area contributed by atoms with Gasteiger partial charge in [0, 0.05) is 45.1 Å². The highest BCUT2D eigenvalue weighted by molar-refractivity contribution is 5.86. The lowest BCUT2D eigenvalue weighted by molar-refractivity contribution is -0.134. The van der Waals surface area contributed by atoms with Gasteiger partial charge >= 0.3 is 0 Å². The molecule has 5 rings (SSSR count). The summed E-state index contributed by atoms with van der Waals surface area (Å²) in [4.78, 5) is 24.5. The molecule has 0 spiro atoms. The SMILES string of the molecule is Cc1c[nH]c2nccc(Oc3ccc(CC(N)C(=O)N4CCN(CCc5ccccc5)CC4)cc3F)c12. The van der Waals surface area contributed by atoms with E-state index in [1.165, 1.54) is 11.6 Å². The molecule has 37 heavy (non-hydrogen) atoms. The summed E-state index contributed by atoms with van der Waals surface area (Å²) < 4.78 is 20.8. The van der Waals surface area contributed by atoms with Gasteiger partial charge < -0.3 is 20.4 Å². The number of benzene rings is 2. The first-order valence-corrected chi connectivity index (χ1v) is 12.7. The predicted octanol–water partition coefficient (Wildman–Crippen LogP) is 4.06. The van der Waals surface area contributed by atoms with E-state index in [2.05, 4.69) is 39.1 Å². The molecule has 1 atom stereocenters. The molecule has 0 bridgehead atoms. The largest absolute Gasteiger partial charge is 0.453 e. The summed E-state index contributed by atoms with van der Waals surface area (Å²) in [5.74, 6) is 0.0569. The van der Waals surface area contributed by atoms with Crippen LogP contribution in [0.4, 0.5) is 4.39 Å². The number of amides is 1. The number of fused-ring (bicyclic) bond motifs is 1. The van der Waals surface area contributed by atoms with Gasteiger partial charge in [-0.2, -0.15) is 0 Å². The Labute approximate surface area is 216 Å². The third-order valence-electron chi connectivity index (χ3n) is 6.96. The van der Waals surface area contributed by atoms with E-state index in [9.17, 15) is 9.18 Å². The number of H-pyrrole nitrogens is 1. The molecule has 4 aromatic rings. The first-order valence-electron chi connectivity index (χ1n) is 12.7. The van der Waals surface area contributed by atoms with E-state index in [4.69, 9.17) is 10.5 Å². The van der Waals surface area contributed by atoms with E-state index < -0.39 is 11.9 Å². The maximum Gasteiger partial charge on any atom is 0.239 e. The minimum atomic E-state index is -0.718. The monoisotopic (exact) mass is 501 g/mol. The number of piperazine rings is 1. The van der Waals surface area contributed by atoms with Crippen molar-refractivity contribution in [1.82, 2.24) is 19.8 Å². The molecule has 0 aliphatic carbocycles. The summed E-state index contributed by atoms with van der Waals surface area (Å²) in [5, 5.41) is 0.818. The minimum absolute atomic E-state index is 0.0921. The Morgan fingerprint density at radius 1 is 1.08 bits per heavy atom. The van der Waals surface area contributed by atoms with Crippen molar-refractivity contribution in [3.63, 3.8) is 0 Å². The number of rotatable bonds is 8. The van der Waals surface area contributed by atoms with Crippen LogP contribution in [0.1, 0.15) is 16.7 Å². The number of aromatic nitrogens is 2. The normalized spacial score (nSPS) is 15.2. The van der Waals surface area contributed by atoms with Gasteiger partial charge in [0.25, 0.3) is 0 Å². The van der Waals surface area contributed by atoms with E-state index in [1.54, 1.807) is 24.4 Å². The summed E-state index contributed by atoms with van der Waals surface area (Å²) in [6.45, 7) is 5.88. The second-order valence-electron chi connectivity index (χ2n) is 9.58. The topological polar surface area (TPSA) is 87.5 Å². The van der Waals surface area contributed by atoms with Gasteiger partial charge in [0.2, 0.25) is 5.91 Å². The van der Waals surface area contributed by atoms with Crippen molar-refractivity contribution in [1.29, 1.82) is 0 Å². The van der Waals surface area contributed by atoms with Crippen molar-refractivity contribution in [2.45, 2.75) is 25.8 Å². The number of halogens is 1. The lowest BCUT2D eigenvalue weighted by Crippen LogP contribution is -2.53. The Morgan fingerprint density at radius 3 is 2.62 bits per heavy atom. The van der Waals surface area contributed by atoms with Gasteiger partial charge in [-0.15, -0.1) is 0 Å². The lowest BCUT2D eigenvalue weighted by Gasteiger charge is -2.36. The first kappa shape index (κ1) is 24.9. The van der Waals surface area contributed by atoms with E-state index in [0.29, 0.717) is 30.0 Å². The molecule has 1 fully saturated rings. The summed E-state index contributed by atoms with van der Waals surface area (Å²) in [6.07, 6.45) is 4.72. The molecule has 2 aromatic carbocycles. The van der Waals surface area contributed by atoms with Crippen LogP contribution in [0.15, 0.2) is 67.0 Å². The molecule has 1 amide bonds. The van der Waals surface area contributed by atoms with Crippen molar-refractivity contribution in [3.05, 3.63) is 89.5 Å². The molecule has 8 heteroatoms. The standard InChI is InChI=1S/C29H32FN5O2/c1-20-19-33-28-27(20)26(9-11-32-28)37-25-8-7-22(17-23(25)30)18-24(31)29(36)35-15-13-34(14-16-35)12-10-21-5-3-2-4-6-21/h2-9,11,17,19,24H,10,12-16,18,31H2,1H3,(H,32,33). The highest BCUT2D eigenvalue weighted by Gasteiger charge is 2.25. The number of aryl methyl sites for hydroxylation is 1. The van der Waals surface area contributed by atoms with E-state index >= 15 is 0 Å². The second kappa shape index (κ2) is 11.1. The quantitative estimate of drug-likeness (QED) is 0.380. The lowest BCUT2D eigenvalue weighted by atomic mass is 10.0. The molecule has 0 radical (unpaired) electrons. The van der Waals surface area contributed by atoms with Crippen molar-refractivity contribution < 1.29 is 13.9 Å². The number of hydrogen-bond donors (Lipinski definition) is 2.